The molecule has 2 aliphatic rings. The van der Waals surface area contributed by atoms with E-state index >= 15 is 0 Å². The maximum absolute atomic E-state index is 11.9. The lowest BCUT2D eigenvalue weighted by Gasteiger charge is -2.31. The Labute approximate surface area is 78.6 Å². The molecule has 0 unspecified atom stereocenters. The van der Waals surface area contributed by atoms with E-state index in [2.05, 4.69) is 13.8 Å². The molecule has 0 aliphatic heterocycles. The van der Waals surface area contributed by atoms with Crippen LogP contribution in [0.1, 0.15) is 33.6 Å². The molecule has 0 saturated heterocycles. The average molecular weight is 180 g/mol. The summed E-state index contributed by atoms with van der Waals surface area (Å²) in [6, 6.07) is 0. The number of ketones is 1. The van der Waals surface area contributed by atoms with Gasteiger partial charge in [-0.3, -0.25) is 4.79 Å². The van der Waals surface area contributed by atoms with Gasteiger partial charge in [0.1, 0.15) is 0 Å². The molecule has 2 atom stereocenters. The van der Waals surface area contributed by atoms with Crippen molar-refractivity contribution in [2.45, 2.75) is 33.6 Å². The van der Waals surface area contributed by atoms with Crippen molar-refractivity contribution >= 4 is 5.78 Å². The lowest BCUT2D eigenvalue weighted by atomic mass is 9.70. The van der Waals surface area contributed by atoms with Gasteiger partial charge in [0.05, 0.1) is 6.26 Å². The zero-order valence-corrected chi connectivity index (χ0v) is 8.42. The summed E-state index contributed by atoms with van der Waals surface area (Å²) in [6.45, 7) is 6.31. The summed E-state index contributed by atoms with van der Waals surface area (Å²) in [5.74, 6) is 0.436. The van der Waals surface area contributed by atoms with E-state index in [1.54, 1.807) is 0 Å². The minimum atomic E-state index is -0.230. The van der Waals surface area contributed by atoms with E-state index in [-0.39, 0.29) is 22.5 Å². The number of fused-ring (bicyclic) bond motifs is 2. The molecule has 2 nitrogen and oxygen atoms in total. The highest BCUT2D eigenvalue weighted by atomic mass is 16.2. The molecule has 0 heterocycles. The van der Waals surface area contributed by atoms with Gasteiger partial charge in [0, 0.05) is 11.0 Å². The van der Waals surface area contributed by atoms with Crippen molar-refractivity contribution in [2.75, 3.05) is 0 Å². The van der Waals surface area contributed by atoms with Crippen molar-refractivity contribution in [3.63, 3.8) is 0 Å². The summed E-state index contributed by atoms with van der Waals surface area (Å²) in [6.07, 6.45) is 3.04. The monoisotopic (exact) mass is 180 g/mol. The van der Waals surface area contributed by atoms with Crippen LogP contribution in [0.4, 0.5) is 0 Å². The maximum Gasteiger partial charge on any atom is 0.168 e. The maximum atomic E-state index is 11.9. The molecule has 2 saturated carbocycles. The van der Waals surface area contributed by atoms with Crippen LogP contribution in [-0.4, -0.2) is 10.9 Å². The minimum Gasteiger partial charge on any atom is -0.515 e. The molecule has 0 amide bonds. The minimum absolute atomic E-state index is 0.0264. The number of aliphatic hydroxyl groups excluding tert-OH is 1. The number of carbonyl (C=O) groups is 1. The van der Waals surface area contributed by atoms with E-state index in [1.165, 1.54) is 0 Å². The van der Waals surface area contributed by atoms with Gasteiger partial charge in [-0.25, -0.2) is 0 Å². The van der Waals surface area contributed by atoms with Crippen molar-refractivity contribution in [2.24, 2.45) is 16.7 Å². The molecule has 2 heteroatoms. The van der Waals surface area contributed by atoms with Gasteiger partial charge in [-0.2, -0.15) is 0 Å². The summed E-state index contributed by atoms with van der Waals surface area (Å²) < 4.78 is 0. The van der Waals surface area contributed by atoms with Crippen molar-refractivity contribution < 1.29 is 9.90 Å². The zero-order valence-electron chi connectivity index (χ0n) is 8.42. The van der Waals surface area contributed by atoms with Crippen LogP contribution >= 0.6 is 0 Å². The van der Waals surface area contributed by atoms with Crippen LogP contribution in [0.5, 0.6) is 0 Å². The number of rotatable bonds is 0. The molecular formula is C11H16O2. The number of allylic oxidation sites excluding steroid dienone is 1. The molecule has 2 aliphatic carbocycles. The van der Waals surface area contributed by atoms with Crippen LogP contribution in [0, 0.1) is 16.7 Å². The number of Topliss-reactive ketones (excluding diaryl/α,β-unsaturated/α-hetero) is 1. The Kier molecular flexibility index (Phi) is 1.47. The Bertz CT molecular complexity index is 301. The Morgan fingerprint density at radius 2 is 2.08 bits per heavy atom. The van der Waals surface area contributed by atoms with Gasteiger partial charge in [-0.1, -0.05) is 20.8 Å². The molecular weight excluding hydrogens is 164 g/mol. The second kappa shape index (κ2) is 2.17. The first-order valence-electron chi connectivity index (χ1n) is 4.84. The fraction of sp³-hybridized carbons (Fsp3) is 0.727. The Hall–Kier alpha value is -0.790. The average Bonchev–Trinajstić information content (AvgIpc) is 2.36. The second-order valence-electron chi connectivity index (χ2n) is 5.06. The number of carbonyl (C=O) groups excluding carboxylic acids is 1. The van der Waals surface area contributed by atoms with Crippen molar-refractivity contribution in [3.8, 4) is 0 Å². The van der Waals surface area contributed by atoms with Crippen molar-refractivity contribution in [1.29, 1.82) is 0 Å². The third-order valence-electron chi connectivity index (χ3n) is 4.50. The standard InChI is InChI=1S/C11H16O2/c1-10(2)8-4-5-11(10,3)9(13)7(8)6-12/h6,8,12H,4-5H2,1-3H3/b7-6+/t8-,11+/m1/s1. The van der Waals surface area contributed by atoms with Crippen LogP contribution in [0.25, 0.3) is 0 Å². The van der Waals surface area contributed by atoms with Crippen LogP contribution in [0.2, 0.25) is 0 Å². The zero-order chi connectivity index (χ0) is 9.85. The molecule has 0 radical (unpaired) electrons. The quantitative estimate of drug-likeness (QED) is 0.459. The first-order valence-corrected chi connectivity index (χ1v) is 4.84. The van der Waals surface area contributed by atoms with E-state index in [9.17, 15) is 4.79 Å². The molecule has 0 spiro atoms. The lowest BCUT2D eigenvalue weighted by molar-refractivity contribution is -0.125. The van der Waals surface area contributed by atoms with Crippen molar-refractivity contribution in [1.82, 2.24) is 0 Å². The van der Waals surface area contributed by atoms with Crippen molar-refractivity contribution in [3.05, 3.63) is 11.8 Å². The van der Waals surface area contributed by atoms with E-state index in [0.29, 0.717) is 5.57 Å². The Morgan fingerprint density at radius 1 is 1.46 bits per heavy atom. The number of aliphatic hydroxyl groups is 1. The molecule has 2 rings (SSSR count). The lowest BCUT2D eigenvalue weighted by Crippen LogP contribution is -2.32. The Balaban J connectivity index is 2.57. The molecule has 72 valence electrons. The SMILES string of the molecule is CC1(C)[C@@H]2CC[C@@]1(C)C(=O)/C2=C/O. The van der Waals surface area contributed by atoms with Crippen LogP contribution in [0.3, 0.4) is 0 Å². The fourth-order valence-corrected chi connectivity index (χ4v) is 3.08. The molecule has 0 aromatic heterocycles. The first-order chi connectivity index (χ1) is 5.95. The number of hydrogen-bond acceptors (Lipinski definition) is 2. The van der Waals surface area contributed by atoms with Gasteiger partial charge in [-0.15, -0.1) is 0 Å². The van der Waals surface area contributed by atoms with Gasteiger partial charge in [-0.05, 0) is 24.2 Å². The highest BCUT2D eigenvalue weighted by Gasteiger charge is 2.64. The topological polar surface area (TPSA) is 37.3 Å². The first kappa shape index (κ1) is 8.79. The molecule has 2 fully saturated rings. The van der Waals surface area contributed by atoms with E-state index in [1.807, 2.05) is 6.92 Å². The second-order valence-corrected chi connectivity index (χ2v) is 5.06. The highest BCUT2D eigenvalue weighted by molar-refractivity contribution is 6.04. The third-order valence-corrected chi connectivity index (χ3v) is 4.50. The summed E-state index contributed by atoms with van der Waals surface area (Å²) in [4.78, 5) is 11.9. The third kappa shape index (κ3) is 0.725. The van der Waals surface area contributed by atoms with Gasteiger partial charge in [0.15, 0.2) is 5.78 Å². The summed E-state index contributed by atoms with van der Waals surface area (Å²) in [7, 11) is 0. The molecule has 2 bridgehead atoms. The van der Waals surface area contributed by atoms with Gasteiger partial charge < -0.3 is 5.11 Å². The number of hydrogen-bond donors (Lipinski definition) is 1. The molecule has 1 N–H and O–H groups in total. The normalized spacial score (nSPS) is 44.7. The molecule has 0 aromatic carbocycles. The summed E-state index contributed by atoms with van der Waals surface area (Å²) in [5, 5.41) is 9.02. The largest absolute Gasteiger partial charge is 0.515 e. The fourth-order valence-electron chi connectivity index (χ4n) is 3.08. The highest BCUT2D eigenvalue weighted by Crippen LogP contribution is 2.65. The van der Waals surface area contributed by atoms with Gasteiger partial charge in [0.25, 0.3) is 0 Å². The molecule has 0 aromatic rings. The van der Waals surface area contributed by atoms with Crippen LogP contribution < -0.4 is 0 Å². The van der Waals surface area contributed by atoms with Gasteiger partial charge >= 0.3 is 0 Å². The predicted molar refractivity (Wildman–Crippen MR) is 50.3 cm³/mol. The van der Waals surface area contributed by atoms with E-state index in [0.717, 1.165) is 19.1 Å². The van der Waals surface area contributed by atoms with E-state index < -0.39 is 0 Å². The Morgan fingerprint density at radius 3 is 2.38 bits per heavy atom. The van der Waals surface area contributed by atoms with E-state index in [4.69, 9.17) is 5.11 Å². The summed E-state index contributed by atoms with van der Waals surface area (Å²) >= 11 is 0. The predicted octanol–water partition coefficient (Wildman–Crippen LogP) is 2.45. The van der Waals surface area contributed by atoms with Gasteiger partial charge in [0.2, 0.25) is 0 Å². The van der Waals surface area contributed by atoms with Crippen LogP contribution in [-0.2, 0) is 4.79 Å². The summed E-state index contributed by atoms with van der Waals surface area (Å²) in [5.41, 5.74) is 0.448. The van der Waals surface area contributed by atoms with Crippen LogP contribution in [0.15, 0.2) is 11.8 Å². The molecule has 13 heavy (non-hydrogen) atoms. The smallest absolute Gasteiger partial charge is 0.168 e.